The van der Waals surface area contributed by atoms with Crippen LogP contribution < -0.4 is 14.2 Å². The largest absolute Gasteiger partial charge is 0.497 e. The molecule has 0 radical (unpaired) electrons. The summed E-state index contributed by atoms with van der Waals surface area (Å²) in [5.74, 6) is 2.01. The number of carbonyl (C=O) groups excluding carboxylic acids is 1. The second kappa shape index (κ2) is 11.0. The Morgan fingerprint density at radius 2 is 1.56 bits per heavy atom. The quantitative estimate of drug-likeness (QED) is 0.327. The third-order valence-electron chi connectivity index (χ3n) is 6.12. The molecule has 0 atom stereocenters. The highest BCUT2D eigenvalue weighted by molar-refractivity contribution is 5.94. The molecule has 1 heterocycles. The second-order valence-electron chi connectivity index (χ2n) is 8.56. The molecule has 7 heteroatoms. The molecule has 7 nitrogen and oxygen atoms in total. The lowest BCUT2D eigenvalue weighted by atomic mass is 10.1. The molecule has 0 N–H and O–H groups in total. The predicted molar refractivity (Wildman–Crippen MR) is 140 cm³/mol. The number of likely N-dealkylation sites (N-methyl/N-ethyl adjacent to an activating group) is 1. The molecule has 4 rings (SSSR count). The van der Waals surface area contributed by atoms with Gasteiger partial charge < -0.3 is 19.1 Å². The van der Waals surface area contributed by atoms with Gasteiger partial charge in [0.15, 0.2) is 11.5 Å². The first-order valence-corrected chi connectivity index (χ1v) is 11.7. The van der Waals surface area contributed by atoms with Gasteiger partial charge in [-0.1, -0.05) is 23.8 Å². The van der Waals surface area contributed by atoms with Gasteiger partial charge in [-0.05, 0) is 73.5 Å². The molecule has 0 aliphatic rings. The third-order valence-corrected chi connectivity index (χ3v) is 6.12. The minimum absolute atomic E-state index is 0.108. The van der Waals surface area contributed by atoms with E-state index in [9.17, 15) is 4.79 Å². The fourth-order valence-electron chi connectivity index (χ4n) is 3.95. The Balaban J connectivity index is 1.61. The van der Waals surface area contributed by atoms with E-state index in [4.69, 9.17) is 19.3 Å². The Bertz CT molecular complexity index is 1330. The highest BCUT2D eigenvalue weighted by atomic mass is 16.5. The van der Waals surface area contributed by atoms with Crippen LogP contribution in [0, 0.1) is 6.92 Å². The van der Waals surface area contributed by atoms with Gasteiger partial charge in [0.25, 0.3) is 5.91 Å². The molecule has 0 fully saturated rings. The smallest absolute Gasteiger partial charge is 0.272 e. The maximum Gasteiger partial charge on any atom is 0.272 e. The number of hydrogen-bond donors (Lipinski definition) is 0. The fourth-order valence-corrected chi connectivity index (χ4v) is 3.95. The summed E-state index contributed by atoms with van der Waals surface area (Å²) in [6.45, 7) is 2.56. The van der Waals surface area contributed by atoms with Crippen molar-refractivity contribution in [1.29, 1.82) is 0 Å². The summed E-state index contributed by atoms with van der Waals surface area (Å²) in [7, 11) is 6.67. The van der Waals surface area contributed by atoms with Crippen molar-refractivity contribution < 1.29 is 19.0 Å². The summed E-state index contributed by atoms with van der Waals surface area (Å²) in [6.07, 6.45) is 0.673. The molecule has 0 aliphatic heterocycles. The van der Waals surface area contributed by atoms with Crippen molar-refractivity contribution in [3.8, 4) is 34.2 Å². The highest BCUT2D eigenvalue weighted by Crippen LogP contribution is 2.28. The van der Waals surface area contributed by atoms with Crippen LogP contribution >= 0.6 is 0 Å². The van der Waals surface area contributed by atoms with Gasteiger partial charge in [-0.2, -0.15) is 5.10 Å². The molecule has 36 heavy (non-hydrogen) atoms. The van der Waals surface area contributed by atoms with E-state index < -0.39 is 0 Å². The third kappa shape index (κ3) is 5.35. The van der Waals surface area contributed by atoms with Crippen LogP contribution in [0.4, 0.5) is 0 Å². The zero-order valence-electron chi connectivity index (χ0n) is 21.3. The van der Waals surface area contributed by atoms with Gasteiger partial charge in [0, 0.05) is 19.2 Å². The van der Waals surface area contributed by atoms with Crippen LogP contribution in [0.25, 0.3) is 16.9 Å². The number of amides is 1. The van der Waals surface area contributed by atoms with Crippen LogP contribution in [0.1, 0.15) is 21.6 Å². The molecular formula is C29H31N3O4. The zero-order chi connectivity index (χ0) is 25.7. The van der Waals surface area contributed by atoms with E-state index in [1.165, 1.54) is 0 Å². The van der Waals surface area contributed by atoms with Crippen LogP contribution in [-0.4, -0.2) is 55.5 Å². The number of nitrogens with zero attached hydrogens (tertiary/aromatic N) is 3. The van der Waals surface area contributed by atoms with Crippen LogP contribution in [0.3, 0.4) is 0 Å². The summed E-state index contributed by atoms with van der Waals surface area (Å²) in [4.78, 5) is 15.3. The highest BCUT2D eigenvalue weighted by Gasteiger charge is 2.21. The van der Waals surface area contributed by atoms with Gasteiger partial charge >= 0.3 is 0 Å². The normalized spacial score (nSPS) is 10.7. The van der Waals surface area contributed by atoms with Crippen LogP contribution in [0.5, 0.6) is 17.2 Å². The van der Waals surface area contributed by atoms with E-state index in [0.29, 0.717) is 30.2 Å². The molecule has 186 valence electrons. The average molecular weight is 486 g/mol. The SMILES string of the molecule is COc1ccc(-c2cc(C(=O)N(C)CCc3ccc(OC)c(OC)c3)n(-c3ccc(C)cc3)n2)cc1. The molecule has 0 spiro atoms. The van der Waals surface area contributed by atoms with Crippen molar-refractivity contribution in [1.82, 2.24) is 14.7 Å². The molecule has 1 aromatic heterocycles. The van der Waals surface area contributed by atoms with Crippen molar-refractivity contribution in [3.63, 3.8) is 0 Å². The molecule has 0 unspecified atom stereocenters. The van der Waals surface area contributed by atoms with Crippen molar-refractivity contribution in [3.05, 3.63) is 89.6 Å². The van der Waals surface area contributed by atoms with Crippen LogP contribution in [0.15, 0.2) is 72.8 Å². The van der Waals surface area contributed by atoms with E-state index in [1.54, 1.807) is 30.9 Å². The summed E-state index contributed by atoms with van der Waals surface area (Å²) in [5.41, 5.74) is 5.15. The number of carbonyl (C=O) groups is 1. The topological polar surface area (TPSA) is 65.8 Å². The number of ether oxygens (including phenoxy) is 3. The Morgan fingerprint density at radius 1 is 0.861 bits per heavy atom. The summed E-state index contributed by atoms with van der Waals surface area (Å²) < 4.78 is 17.7. The van der Waals surface area contributed by atoms with E-state index in [2.05, 4.69) is 0 Å². The van der Waals surface area contributed by atoms with Gasteiger partial charge in [0.2, 0.25) is 0 Å². The molecule has 0 saturated heterocycles. The first kappa shape index (κ1) is 24.9. The van der Waals surface area contributed by atoms with Gasteiger partial charge in [0.1, 0.15) is 11.4 Å². The van der Waals surface area contributed by atoms with E-state index in [1.807, 2.05) is 86.8 Å². The average Bonchev–Trinajstić information content (AvgIpc) is 3.37. The van der Waals surface area contributed by atoms with Crippen molar-refractivity contribution >= 4 is 5.91 Å². The Morgan fingerprint density at radius 3 is 2.19 bits per heavy atom. The lowest BCUT2D eigenvalue weighted by Crippen LogP contribution is -2.30. The number of rotatable bonds is 9. The van der Waals surface area contributed by atoms with E-state index in [0.717, 1.165) is 33.8 Å². The molecule has 1 amide bonds. The fraction of sp³-hybridized carbons (Fsp3) is 0.241. The van der Waals surface area contributed by atoms with Gasteiger partial charge in [-0.15, -0.1) is 0 Å². The second-order valence-corrected chi connectivity index (χ2v) is 8.56. The van der Waals surface area contributed by atoms with Crippen molar-refractivity contribution in [2.24, 2.45) is 0 Å². The maximum atomic E-state index is 13.6. The minimum Gasteiger partial charge on any atom is -0.497 e. The molecule has 4 aromatic rings. The lowest BCUT2D eigenvalue weighted by Gasteiger charge is -2.18. The van der Waals surface area contributed by atoms with Crippen molar-refractivity contribution in [2.75, 3.05) is 34.9 Å². The number of aryl methyl sites for hydroxylation is 1. The predicted octanol–water partition coefficient (Wildman–Crippen LogP) is 5.19. The summed E-state index contributed by atoms with van der Waals surface area (Å²) in [6, 6.07) is 23.3. The summed E-state index contributed by atoms with van der Waals surface area (Å²) >= 11 is 0. The number of methoxy groups -OCH3 is 3. The zero-order valence-corrected chi connectivity index (χ0v) is 21.3. The van der Waals surface area contributed by atoms with Crippen molar-refractivity contribution in [2.45, 2.75) is 13.3 Å². The first-order valence-electron chi connectivity index (χ1n) is 11.7. The minimum atomic E-state index is -0.108. The molecule has 0 bridgehead atoms. The van der Waals surface area contributed by atoms with E-state index >= 15 is 0 Å². The van der Waals surface area contributed by atoms with Crippen LogP contribution in [-0.2, 0) is 6.42 Å². The van der Waals surface area contributed by atoms with Gasteiger partial charge in [-0.25, -0.2) is 4.68 Å². The number of benzene rings is 3. The Hall–Kier alpha value is -4.26. The Labute approximate surface area is 211 Å². The van der Waals surface area contributed by atoms with Gasteiger partial charge in [0.05, 0.1) is 32.7 Å². The molecule has 0 saturated carbocycles. The monoisotopic (exact) mass is 485 g/mol. The Kier molecular flexibility index (Phi) is 7.59. The molecule has 3 aromatic carbocycles. The lowest BCUT2D eigenvalue weighted by molar-refractivity contribution is 0.0787. The summed E-state index contributed by atoms with van der Waals surface area (Å²) in [5, 5.41) is 4.80. The van der Waals surface area contributed by atoms with E-state index in [-0.39, 0.29) is 5.91 Å². The molecule has 0 aliphatic carbocycles. The first-order chi connectivity index (χ1) is 17.4. The van der Waals surface area contributed by atoms with Gasteiger partial charge in [-0.3, -0.25) is 4.79 Å². The van der Waals surface area contributed by atoms with Crippen LogP contribution in [0.2, 0.25) is 0 Å². The molecular weight excluding hydrogens is 454 g/mol. The standard InChI is InChI=1S/C29H31N3O4/c1-20-6-11-23(12-7-20)32-26(19-25(30-32)22-9-13-24(34-3)14-10-22)29(33)31(2)17-16-21-8-15-27(35-4)28(18-21)36-5/h6-15,18-19H,16-17H2,1-5H3. The number of hydrogen-bond acceptors (Lipinski definition) is 5. The maximum absolute atomic E-state index is 13.6. The number of aromatic nitrogens is 2.